The number of hydrogen-bond donors (Lipinski definition) is 2. The second kappa shape index (κ2) is 5.12. The second-order valence-corrected chi connectivity index (χ2v) is 4.93. The summed E-state index contributed by atoms with van der Waals surface area (Å²) in [6, 6.07) is 5.75. The number of rotatable bonds is 3. The number of halogens is 2. The minimum absolute atomic E-state index is 0.00799. The third-order valence-electron chi connectivity index (χ3n) is 3.35. The van der Waals surface area contributed by atoms with Crippen LogP contribution >= 0.6 is 0 Å². The fourth-order valence-corrected chi connectivity index (χ4v) is 2.38. The minimum atomic E-state index is -0.576. The molecule has 3 rings (SSSR count). The molecule has 0 amide bonds. The highest BCUT2D eigenvalue weighted by Crippen LogP contribution is 2.24. The number of aromatic amines is 1. The molecule has 2 heterocycles. The number of anilines is 1. The van der Waals surface area contributed by atoms with E-state index < -0.39 is 11.6 Å². The van der Waals surface area contributed by atoms with Crippen molar-refractivity contribution in [1.82, 2.24) is 15.2 Å². The van der Waals surface area contributed by atoms with E-state index in [0.717, 1.165) is 16.6 Å². The van der Waals surface area contributed by atoms with Crippen LogP contribution in [0.15, 0.2) is 24.3 Å². The van der Waals surface area contributed by atoms with Gasteiger partial charge in [-0.25, -0.2) is 13.8 Å². The molecule has 0 fully saturated rings. The monoisotopic (exact) mass is 288 g/mol. The normalized spacial score (nSPS) is 11.0. The molecule has 0 aliphatic heterocycles. The van der Waals surface area contributed by atoms with Gasteiger partial charge in [-0.3, -0.25) is 5.10 Å². The van der Waals surface area contributed by atoms with Gasteiger partial charge in [-0.05, 0) is 37.6 Å². The Morgan fingerprint density at radius 1 is 1.19 bits per heavy atom. The molecule has 21 heavy (non-hydrogen) atoms. The molecule has 0 radical (unpaired) electrons. The number of hydrogen-bond acceptors (Lipinski definition) is 3. The smallest absolute Gasteiger partial charge is 0.157 e. The van der Waals surface area contributed by atoms with Crippen molar-refractivity contribution < 1.29 is 8.78 Å². The standard InChI is InChI=1S/C15H14F2N4/c1-8-6-9(2)19-15-13(8)14(20-21-15)18-7-10-11(16)4-3-5-12(10)17/h3-6H,7H2,1-2H3,(H2,18,19,20,21). The van der Waals surface area contributed by atoms with Crippen LogP contribution in [-0.2, 0) is 6.54 Å². The number of pyridine rings is 1. The molecule has 0 aliphatic rings. The Labute approximate surface area is 120 Å². The Morgan fingerprint density at radius 3 is 2.62 bits per heavy atom. The van der Waals surface area contributed by atoms with E-state index in [9.17, 15) is 8.78 Å². The van der Waals surface area contributed by atoms with E-state index in [1.54, 1.807) is 0 Å². The van der Waals surface area contributed by atoms with Gasteiger partial charge in [0.2, 0.25) is 0 Å². The molecule has 2 N–H and O–H groups in total. The lowest BCUT2D eigenvalue weighted by Crippen LogP contribution is -2.05. The molecule has 6 heteroatoms. The van der Waals surface area contributed by atoms with Gasteiger partial charge in [0.25, 0.3) is 0 Å². The number of nitrogens with one attached hydrogen (secondary N) is 2. The molecule has 3 aromatic rings. The summed E-state index contributed by atoms with van der Waals surface area (Å²) in [5.74, 6) is -0.612. The maximum absolute atomic E-state index is 13.6. The van der Waals surface area contributed by atoms with E-state index in [2.05, 4.69) is 20.5 Å². The quantitative estimate of drug-likeness (QED) is 0.776. The van der Waals surface area contributed by atoms with Gasteiger partial charge in [-0.15, -0.1) is 0 Å². The van der Waals surface area contributed by atoms with Crippen molar-refractivity contribution in [2.75, 3.05) is 5.32 Å². The van der Waals surface area contributed by atoms with E-state index in [1.165, 1.54) is 18.2 Å². The average Bonchev–Trinajstić information content (AvgIpc) is 2.81. The van der Waals surface area contributed by atoms with Gasteiger partial charge >= 0.3 is 0 Å². The lowest BCUT2D eigenvalue weighted by molar-refractivity contribution is 0.560. The van der Waals surface area contributed by atoms with Crippen LogP contribution in [0.5, 0.6) is 0 Å². The molecule has 0 saturated heterocycles. The van der Waals surface area contributed by atoms with Gasteiger partial charge in [0.15, 0.2) is 11.5 Å². The molecule has 2 aromatic heterocycles. The maximum Gasteiger partial charge on any atom is 0.157 e. The van der Waals surface area contributed by atoms with Crippen molar-refractivity contribution in [3.05, 3.63) is 52.7 Å². The topological polar surface area (TPSA) is 53.6 Å². The van der Waals surface area contributed by atoms with Crippen LogP contribution < -0.4 is 5.32 Å². The first-order valence-corrected chi connectivity index (χ1v) is 6.55. The number of nitrogens with zero attached hydrogens (tertiary/aromatic N) is 2. The van der Waals surface area contributed by atoms with Crippen molar-refractivity contribution >= 4 is 16.9 Å². The minimum Gasteiger partial charge on any atom is -0.364 e. The third-order valence-corrected chi connectivity index (χ3v) is 3.35. The predicted octanol–water partition coefficient (Wildman–Crippen LogP) is 3.47. The Hall–Kier alpha value is -2.50. The molecule has 0 spiro atoms. The Kier molecular flexibility index (Phi) is 3.29. The van der Waals surface area contributed by atoms with Crippen LogP contribution in [0.3, 0.4) is 0 Å². The predicted molar refractivity (Wildman–Crippen MR) is 77.0 cm³/mol. The van der Waals surface area contributed by atoms with E-state index in [0.29, 0.717) is 11.5 Å². The Balaban J connectivity index is 1.93. The molecule has 4 nitrogen and oxygen atoms in total. The van der Waals surface area contributed by atoms with E-state index in [-0.39, 0.29) is 12.1 Å². The zero-order chi connectivity index (χ0) is 15.0. The molecule has 1 aromatic carbocycles. The molecule has 0 aliphatic carbocycles. The van der Waals surface area contributed by atoms with Crippen molar-refractivity contribution in [1.29, 1.82) is 0 Å². The SMILES string of the molecule is Cc1cc(C)c2c(NCc3c(F)cccc3F)n[nH]c2n1. The first-order valence-electron chi connectivity index (χ1n) is 6.55. The van der Waals surface area contributed by atoms with Crippen LogP contribution in [-0.4, -0.2) is 15.2 Å². The fraction of sp³-hybridized carbons (Fsp3) is 0.200. The average molecular weight is 288 g/mol. The second-order valence-electron chi connectivity index (χ2n) is 4.93. The number of aromatic nitrogens is 3. The number of H-pyrrole nitrogens is 1. The molecular formula is C15H14F2N4. The highest BCUT2D eigenvalue weighted by molar-refractivity contribution is 5.90. The van der Waals surface area contributed by atoms with Crippen molar-refractivity contribution in [3.63, 3.8) is 0 Å². The maximum atomic E-state index is 13.6. The molecule has 0 atom stereocenters. The molecule has 0 saturated carbocycles. The van der Waals surface area contributed by atoms with Crippen LogP contribution in [0.25, 0.3) is 11.0 Å². The van der Waals surface area contributed by atoms with Crippen molar-refractivity contribution in [3.8, 4) is 0 Å². The van der Waals surface area contributed by atoms with Crippen molar-refractivity contribution in [2.45, 2.75) is 20.4 Å². The zero-order valence-electron chi connectivity index (χ0n) is 11.7. The van der Waals surface area contributed by atoms with Gasteiger partial charge < -0.3 is 5.32 Å². The molecule has 0 bridgehead atoms. The van der Waals surface area contributed by atoms with Crippen LogP contribution in [0, 0.1) is 25.5 Å². The fourth-order valence-electron chi connectivity index (χ4n) is 2.38. The summed E-state index contributed by atoms with van der Waals surface area (Å²) in [6.45, 7) is 3.86. The van der Waals surface area contributed by atoms with Gasteiger partial charge in [0.05, 0.1) is 5.39 Å². The van der Waals surface area contributed by atoms with Gasteiger partial charge in [0.1, 0.15) is 11.6 Å². The van der Waals surface area contributed by atoms with Crippen LogP contribution in [0.4, 0.5) is 14.6 Å². The van der Waals surface area contributed by atoms with Gasteiger partial charge in [-0.1, -0.05) is 6.07 Å². The zero-order valence-corrected chi connectivity index (χ0v) is 11.7. The molecule has 108 valence electrons. The summed E-state index contributed by atoms with van der Waals surface area (Å²) in [5, 5.41) is 10.7. The van der Waals surface area contributed by atoms with Gasteiger partial charge in [0, 0.05) is 17.8 Å². The lowest BCUT2D eigenvalue weighted by atomic mass is 10.1. The third kappa shape index (κ3) is 2.44. The Morgan fingerprint density at radius 2 is 1.90 bits per heavy atom. The number of benzene rings is 1. The highest BCUT2D eigenvalue weighted by Gasteiger charge is 2.12. The first kappa shape index (κ1) is 13.5. The number of aryl methyl sites for hydroxylation is 2. The molecular weight excluding hydrogens is 274 g/mol. The largest absolute Gasteiger partial charge is 0.364 e. The summed E-state index contributed by atoms with van der Waals surface area (Å²) in [6.07, 6.45) is 0. The van der Waals surface area contributed by atoms with Gasteiger partial charge in [-0.2, -0.15) is 5.10 Å². The van der Waals surface area contributed by atoms with Crippen molar-refractivity contribution in [2.24, 2.45) is 0 Å². The number of fused-ring (bicyclic) bond motifs is 1. The van der Waals surface area contributed by atoms with Crippen LogP contribution in [0.1, 0.15) is 16.8 Å². The lowest BCUT2D eigenvalue weighted by Gasteiger charge is -2.07. The van der Waals surface area contributed by atoms with E-state index in [4.69, 9.17) is 0 Å². The summed E-state index contributed by atoms with van der Waals surface area (Å²) in [4.78, 5) is 4.34. The van der Waals surface area contributed by atoms with E-state index in [1.807, 2.05) is 19.9 Å². The van der Waals surface area contributed by atoms with E-state index >= 15 is 0 Å². The Bertz CT molecular complexity index is 791. The highest BCUT2D eigenvalue weighted by atomic mass is 19.1. The summed E-state index contributed by atoms with van der Waals surface area (Å²) in [5.41, 5.74) is 2.54. The first-order chi connectivity index (χ1) is 10.1. The summed E-state index contributed by atoms with van der Waals surface area (Å²) < 4.78 is 27.2. The van der Waals surface area contributed by atoms with Crippen LogP contribution in [0.2, 0.25) is 0 Å². The summed E-state index contributed by atoms with van der Waals surface area (Å²) in [7, 11) is 0. The molecule has 0 unspecified atom stereocenters. The summed E-state index contributed by atoms with van der Waals surface area (Å²) >= 11 is 0.